The maximum Gasteiger partial charge on any atom is 0.319 e. The summed E-state index contributed by atoms with van der Waals surface area (Å²) >= 11 is 0. The molecule has 2 rings (SSSR count). The Morgan fingerprint density at radius 1 is 1.04 bits per heavy atom. The van der Waals surface area contributed by atoms with Gasteiger partial charge in [-0.05, 0) is 31.5 Å². The molecule has 5 nitrogen and oxygen atoms in total. The van der Waals surface area contributed by atoms with E-state index in [2.05, 4.69) is 20.9 Å². The molecule has 1 heterocycles. The number of nitrogens with zero attached hydrogens (tertiary/aromatic N) is 1. The standard InChI is InChI=1S/C16H16F4N4O/c1-8(2)22-16(25)23-10-5-3-9(4-6-10)7-21-13-11(17)14(19)24-15(20)12(13)18/h3-6,8H,7H2,1-2H3,(H,21,24)(H2,22,23,25). The lowest BCUT2D eigenvalue weighted by atomic mass is 10.2. The van der Waals surface area contributed by atoms with Crippen LogP contribution in [-0.2, 0) is 6.54 Å². The van der Waals surface area contributed by atoms with Gasteiger partial charge >= 0.3 is 6.03 Å². The minimum absolute atomic E-state index is 0.0191. The van der Waals surface area contributed by atoms with Crippen molar-refractivity contribution in [3.05, 3.63) is 53.4 Å². The third kappa shape index (κ3) is 4.82. The van der Waals surface area contributed by atoms with Gasteiger partial charge in [0.2, 0.25) is 11.6 Å². The Labute approximate surface area is 141 Å². The van der Waals surface area contributed by atoms with Crippen LogP contribution in [0.3, 0.4) is 0 Å². The molecule has 2 aromatic rings. The summed E-state index contributed by atoms with van der Waals surface area (Å²) in [5.74, 6) is -6.64. The van der Waals surface area contributed by atoms with Crippen molar-refractivity contribution in [3.8, 4) is 0 Å². The van der Waals surface area contributed by atoms with Crippen molar-refractivity contribution in [1.29, 1.82) is 0 Å². The van der Waals surface area contributed by atoms with Gasteiger partial charge in [-0.15, -0.1) is 0 Å². The lowest BCUT2D eigenvalue weighted by Crippen LogP contribution is -2.34. The molecule has 0 unspecified atom stereocenters. The number of anilines is 2. The third-order valence-electron chi connectivity index (χ3n) is 3.10. The largest absolute Gasteiger partial charge is 0.376 e. The van der Waals surface area contributed by atoms with Crippen LogP contribution in [-0.4, -0.2) is 17.1 Å². The number of carbonyl (C=O) groups is 1. The van der Waals surface area contributed by atoms with Crippen LogP contribution < -0.4 is 16.0 Å². The summed E-state index contributed by atoms with van der Waals surface area (Å²) in [6.07, 6.45) is 0. The van der Waals surface area contributed by atoms with Crippen LogP contribution in [0.4, 0.5) is 33.7 Å². The third-order valence-corrected chi connectivity index (χ3v) is 3.10. The molecular formula is C16H16F4N4O. The summed E-state index contributed by atoms with van der Waals surface area (Å²) in [5.41, 5.74) is 0.162. The molecule has 2 amide bonds. The normalized spacial score (nSPS) is 10.7. The highest BCUT2D eigenvalue weighted by molar-refractivity contribution is 5.89. The van der Waals surface area contributed by atoms with E-state index in [0.29, 0.717) is 11.3 Å². The molecule has 0 aliphatic carbocycles. The zero-order chi connectivity index (χ0) is 18.6. The van der Waals surface area contributed by atoms with Crippen LogP contribution >= 0.6 is 0 Å². The first kappa shape index (κ1) is 18.5. The molecular weight excluding hydrogens is 340 g/mol. The van der Waals surface area contributed by atoms with Crippen LogP contribution in [0.25, 0.3) is 0 Å². The number of hydrogen-bond acceptors (Lipinski definition) is 3. The number of rotatable bonds is 5. The second-order valence-corrected chi connectivity index (χ2v) is 5.50. The van der Waals surface area contributed by atoms with Crippen LogP contribution in [0, 0.1) is 23.5 Å². The van der Waals surface area contributed by atoms with Gasteiger partial charge in [0.1, 0.15) is 5.69 Å². The second kappa shape index (κ2) is 7.82. The average molecular weight is 356 g/mol. The summed E-state index contributed by atoms with van der Waals surface area (Å²) in [6.45, 7) is 3.55. The highest BCUT2D eigenvalue weighted by Gasteiger charge is 2.20. The number of nitrogens with one attached hydrogen (secondary N) is 3. The fourth-order valence-corrected chi connectivity index (χ4v) is 1.97. The van der Waals surface area contributed by atoms with E-state index in [1.165, 1.54) is 0 Å². The van der Waals surface area contributed by atoms with Crippen molar-refractivity contribution in [1.82, 2.24) is 10.3 Å². The van der Waals surface area contributed by atoms with Crippen molar-refractivity contribution in [2.45, 2.75) is 26.4 Å². The second-order valence-electron chi connectivity index (χ2n) is 5.50. The van der Waals surface area contributed by atoms with Crippen molar-refractivity contribution >= 4 is 17.4 Å². The first-order chi connectivity index (χ1) is 11.8. The number of hydrogen-bond donors (Lipinski definition) is 3. The van der Waals surface area contributed by atoms with Gasteiger partial charge < -0.3 is 16.0 Å². The number of pyridine rings is 1. The summed E-state index contributed by atoms with van der Waals surface area (Å²) in [7, 11) is 0. The monoisotopic (exact) mass is 356 g/mol. The van der Waals surface area contributed by atoms with E-state index < -0.39 is 29.2 Å². The Kier molecular flexibility index (Phi) is 5.79. The Bertz CT molecular complexity index is 739. The fourth-order valence-electron chi connectivity index (χ4n) is 1.97. The summed E-state index contributed by atoms with van der Waals surface area (Å²) in [6, 6.07) is 5.94. The number of amides is 2. The van der Waals surface area contributed by atoms with E-state index in [4.69, 9.17) is 0 Å². The Morgan fingerprint density at radius 2 is 1.60 bits per heavy atom. The molecule has 9 heteroatoms. The van der Waals surface area contributed by atoms with Crippen molar-refractivity contribution in [2.24, 2.45) is 0 Å². The number of aromatic nitrogens is 1. The Morgan fingerprint density at radius 3 is 2.12 bits per heavy atom. The van der Waals surface area contributed by atoms with Gasteiger partial charge in [0, 0.05) is 18.3 Å². The minimum Gasteiger partial charge on any atom is -0.376 e. The molecule has 1 aromatic carbocycles. The van der Waals surface area contributed by atoms with Gasteiger partial charge in [0.25, 0.3) is 11.9 Å². The van der Waals surface area contributed by atoms with Gasteiger partial charge in [-0.2, -0.15) is 22.5 Å². The van der Waals surface area contributed by atoms with Gasteiger partial charge in [0.05, 0.1) is 0 Å². The lowest BCUT2D eigenvalue weighted by molar-refractivity contribution is 0.250. The van der Waals surface area contributed by atoms with Gasteiger partial charge in [0.15, 0.2) is 0 Å². The maximum atomic E-state index is 13.5. The first-order valence-corrected chi connectivity index (χ1v) is 7.38. The number of urea groups is 1. The lowest BCUT2D eigenvalue weighted by Gasteiger charge is -2.12. The Balaban J connectivity index is 2.02. The quantitative estimate of drug-likeness (QED) is 0.564. The predicted molar refractivity (Wildman–Crippen MR) is 85.1 cm³/mol. The molecule has 0 saturated heterocycles. The van der Waals surface area contributed by atoms with E-state index >= 15 is 0 Å². The van der Waals surface area contributed by atoms with Crippen molar-refractivity contribution in [3.63, 3.8) is 0 Å². The Hall–Kier alpha value is -2.84. The molecule has 0 bridgehead atoms. The molecule has 0 spiro atoms. The summed E-state index contributed by atoms with van der Waals surface area (Å²) in [5, 5.41) is 7.56. The van der Waals surface area contributed by atoms with Crippen LogP contribution in [0.1, 0.15) is 19.4 Å². The zero-order valence-electron chi connectivity index (χ0n) is 13.5. The first-order valence-electron chi connectivity index (χ1n) is 7.38. The van der Waals surface area contributed by atoms with E-state index in [0.717, 1.165) is 0 Å². The molecule has 134 valence electrons. The van der Waals surface area contributed by atoms with E-state index in [1.807, 2.05) is 13.8 Å². The number of halogens is 4. The topological polar surface area (TPSA) is 66.1 Å². The summed E-state index contributed by atoms with van der Waals surface area (Å²) < 4.78 is 53.1. The number of carbonyl (C=O) groups excluding carboxylic acids is 1. The highest BCUT2D eigenvalue weighted by Crippen LogP contribution is 2.22. The SMILES string of the molecule is CC(C)NC(=O)Nc1ccc(CNc2c(F)c(F)nc(F)c2F)cc1. The van der Waals surface area contributed by atoms with E-state index in [9.17, 15) is 22.4 Å². The highest BCUT2D eigenvalue weighted by atomic mass is 19.2. The molecule has 0 atom stereocenters. The minimum atomic E-state index is -1.72. The van der Waals surface area contributed by atoms with Gasteiger partial charge in [-0.3, -0.25) is 0 Å². The van der Waals surface area contributed by atoms with Crippen molar-refractivity contribution < 1.29 is 22.4 Å². The molecule has 0 fully saturated rings. The molecule has 0 radical (unpaired) electrons. The molecule has 0 aliphatic rings. The maximum absolute atomic E-state index is 13.5. The number of benzene rings is 1. The van der Waals surface area contributed by atoms with Gasteiger partial charge in [-0.1, -0.05) is 12.1 Å². The molecule has 0 aliphatic heterocycles. The summed E-state index contributed by atoms with van der Waals surface area (Å²) in [4.78, 5) is 14.0. The molecule has 0 saturated carbocycles. The average Bonchev–Trinajstić information content (AvgIpc) is 2.53. The zero-order valence-corrected chi connectivity index (χ0v) is 13.5. The van der Waals surface area contributed by atoms with Gasteiger partial charge in [-0.25, -0.2) is 4.79 Å². The molecule has 25 heavy (non-hydrogen) atoms. The van der Waals surface area contributed by atoms with Crippen molar-refractivity contribution in [2.75, 3.05) is 10.6 Å². The van der Waals surface area contributed by atoms with Crippen LogP contribution in [0.5, 0.6) is 0 Å². The smallest absolute Gasteiger partial charge is 0.319 e. The molecule has 1 aromatic heterocycles. The predicted octanol–water partition coefficient (Wildman–Crippen LogP) is 3.78. The molecule has 3 N–H and O–H groups in total. The van der Waals surface area contributed by atoms with Crippen LogP contribution in [0.15, 0.2) is 24.3 Å². The fraction of sp³-hybridized carbons (Fsp3) is 0.250. The van der Waals surface area contributed by atoms with E-state index in [1.54, 1.807) is 24.3 Å². The van der Waals surface area contributed by atoms with Crippen LogP contribution in [0.2, 0.25) is 0 Å². The van der Waals surface area contributed by atoms with E-state index in [-0.39, 0.29) is 18.6 Å².